The van der Waals surface area contributed by atoms with E-state index in [4.69, 9.17) is 9.47 Å². The molecule has 0 atom stereocenters. The van der Waals surface area contributed by atoms with Gasteiger partial charge in [-0.05, 0) is 24.1 Å². The Morgan fingerprint density at radius 1 is 1.20 bits per heavy atom. The van der Waals surface area contributed by atoms with Crippen molar-refractivity contribution in [3.05, 3.63) is 18.2 Å². The summed E-state index contributed by atoms with van der Waals surface area (Å²) in [5.41, 5.74) is 0. The summed E-state index contributed by atoms with van der Waals surface area (Å²) in [6, 6.07) is 5.88. The number of hydrogen-bond donors (Lipinski definition) is 0. The van der Waals surface area contributed by atoms with Gasteiger partial charge >= 0.3 is 0 Å². The molecule has 1 rings (SSSR count). The molecule has 2 nitrogen and oxygen atoms in total. The summed E-state index contributed by atoms with van der Waals surface area (Å²) in [6.07, 6.45) is 0. The average molecular weight is 226 g/mol. The highest BCUT2D eigenvalue weighted by Gasteiger charge is 2.06. The molecule has 0 aliphatic carbocycles. The third-order valence-electron chi connectivity index (χ3n) is 1.94. The largest absolute Gasteiger partial charge is 0.497 e. The van der Waals surface area contributed by atoms with Gasteiger partial charge in [0.1, 0.15) is 11.5 Å². The van der Waals surface area contributed by atoms with Crippen molar-refractivity contribution in [2.24, 2.45) is 5.92 Å². The van der Waals surface area contributed by atoms with Crippen LogP contribution >= 0.6 is 11.8 Å². The third kappa shape index (κ3) is 3.67. The van der Waals surface area contributed by atoms with Crippen molar-refractivity contribution in [2.45, 2.75) is 18.7 Å². The second-order valence-electron chi connectivity index (χ2n) is 3.72. The first-order chi connectivity index (χ1) is 7.17. The summed E-state index contributed by atoms with van der Waals surface area (Å²) in [5.74, 6) is 3.55. The molecule has 0 amide bonds. The summed E-state index contributed by atoms with van der Waals surface area (Å²) in [6.45, 7) is 4.42. The molecule has 0 radical (unpaired) electrons. The van der Waals surface area contributed by atoms with Crippen LogP contribution in [0.4, 0.5) is 0 Å². The van der Waals surface area contributed by atoms with E-state index in [0.717, 1.165) is 22.1 Å². The third-order valence-corrected chi connectivity index (χ3v) is 3.41. The van der Waals surface area contributed by atoms with Gasteiger partial charge in [-0.1, -0.05) is 13.8 Å². The van der Waals surface area contributed by atoms with Gasteiger partial charge in [0.05, 0.1) is 19.1 Å². The summed E-state index contributed by atoms with van der Waals surface area (Å²) >= 11 is 1.80. The van der Waals surface area contributed by atoms with Crippen LogP contribution in [-0.4, -0.2) is 20.0 Å². The van der Waals surface area contributed by atoms with E-state index < -0.39 is 0 Å². The van der Waals surface area contributed by atoms with Gasteiger partial charge < -0.3 is 9.47 Å². The van der Waals surface area contributed by atoms with E-state index in [0.29, 0.717) is 5.92 Å². The number of thioether (sulfide) groups is 1. The highest BCUT2D eigenvalue weighted by Crippen LogP contribution is 2.33. The van der Waals surface area contributed by atoms with Gasteiger partial charge in [0.25, 0.3) is 0 Å². The highest BCUT2D eigenvalue weighted by atomic mass is 32.2. The number of methoxy groups -OCH3 is 2. The van der Waals surface area contributed by atoms with Crippen molar-refractivity contribution in [1.29, 1.82) is 0 Å². The van der Waals surface area contributed by atoms with Crippen LogP contribution in [0.5, 0.6) is 11.5 Å². The lowest BCUT2D eigenvalue weighted by atomic mass is 10.3. The lowest BCUT2D eigenvalue weighted by Crippen LogP contribution is -1.93. The molecule has 0 N–H and O–H groups in total. The van der Waals surface area contributed by atoms with Crippen LogP contribution in [0.3, 0.4) is 0 Å². The van der Waals surface area contributed by atoms with Gasteiger partial charge in [0, 0.05) is 5.75 Å². The first-order valence-electron chi connectivity index (χ1n) is 5.02. The van der Waals surface area contributed by atoms with Crippen LogP contribution in [0.15, 0.2) is 23.1 Å². The maximum atomic E-state index is 5.30. The zero-order valence-corrected chi connectivity index (χ0v) is 10.6. The predicted molar refractivity (Wildman–Crippen MR) is 65.1 cm³/mol. The highest BCUT2D eigenvalue weighted by molar-refractivity contribution is 7.99. The van der Waals surface area contributed by atoms with Crippen LogP contribution in [-0.2, 0) is 0 Å². The molecule has 15 heavy (non-hydrogen) atoms. The molecular weight excluding hydrogens is 208 g/mol. The fraction of sp³-hybridized carbons (Fsp3) is 0.500. The zero-order valence-electron chi connectivity index (χ0n) is 9.74. The first-order valence-corrected chi connectivity index (χ1v) is 6.00. The number of hydrogen-bond acceptors (Lipinski definition) is 3. The zero-order chi connectivity index (χ0) is 11.3. The van der Waals surface area contributed by atoms with E-state index in [1.54, 1.807) is 26.0 Å². The molecule has 0 saturated heterocycles. The second-order valence-corrected chi connectivity index (χ2v) is 4.78. The molecule has 0 aliphatic rings. The molecular formula is C12H18O2S. The predicted octanol–water partition coefficient (Wildman–Crippen LogP) is 3.45. The molecule has 84 valence electrons. The molecule has 0 aromatic heterocycles. The Labute approximate surface area is 96.0 Å². The van der Waals surface area contributed by atoms with Crippen molar-refractivity contribution >= 4 is 11.8 Å². The summed E-state index contributed by atoms with van der Waals surface area (Å²) in [4.78, 5) is 1.14. The number of rotatable bonds is 5. The van der Waals surface area contributed by atoms with E-state index >= 15 is 0 Å². The van der Waals surface area contributed by atoms with Crippen molar-refractivity contribution in [3.63, 3.8) is 0 Å². The van der Waals surface area contributed by atoms with Crippen molar-refractivity contribution in [1.82, 2.24) is 0 Å². The van der Waals surface area contributed by atoms with Gasteiger partial charge in [-0.15, -0.1) is 11.8 Å². The quantitative estimate of drug-likeness (QED) is 0.716. The summed E-state index contributed by atoms with van der Waals surface area (Å²) in [5, 5.41) is 0. The Hall–Kier alpha value is -0.830. The second kappa shape index (κ2) is 5.91. The molecule has 3 heteroatoms. The van der Waals surface area contributed by atoms with E-state index in [9.17, 15) is 0 Å². The van der Waals surface area contributed by atoms with Crippen molar-refractivity contribution in [3.8, 4) is 11.5 Å². The van der Waals surface area contributed by atoms with E-state index in [1.807, 2.05) is 18.2 Å². The maximum Gasteiger partial charge on any atom is 0.132 e. The molecule has 1 aromatic rings. The Morgan fingerprint density at radius 2 is 1.93 bits per heavy atom. The topological polar surface area (TPSA) is 18.5 Å². The summed E-state index contributed by atoms with van der Waals surface area (Å²) in [7, 11) is 3.37. The minimum absolute atomic E-state index is 0.672. The molecule has 0 aliphatic heterocycles. The standard InChI is InChI=1S/C12H18O2S/c1-9(2)8-15-12-7-10(13-3)5-6-11(12)14-4/h5-7,9H,8H2,1-4H3. The smallest absolute Gasteiger partial charge is 0.132 e. The van der Waals surface area contributed by atoms with E-state index in [-0.39, 0.29) is 0 Å². The minimum atomic E-state index is 0.672. The van der Waals surface area contributed by atoms with E-state index in [1.165, 1.54) is 0 Å². The SMILES string of the molecule is COc1ccc(OC)c(SCC(C)C)c1. The molecule has 0 bridgehead atoms. The maximum absolute atomic E-state index is 5.30. The number of ether oxygens (including phenoxy) is 2. The van der Waals surface area contributed by atoms with Crippen LogP contribution in [0, 0.1) is 5.92 Å². The molecule has 0 unspecified atom stereocenters. The number of benzene rings is 1. The lowest BCUT2D eigenvalue weighted by molar-refractivity contribution is 0.394. The van der Waals surface area contributed by atoms with Crippen LogP contribution in [0.25, 0.3) is 0 Å². The first kappa shape index (κ1) is 12.2. The van der Waals surface area contributed by atoms with Gasteiger partial charge in [0.2, 0.25) is 0 Å². The van der Waals surface area contributed by atoms with Crippen LogP contribution < -0.4 is 9.47 Å². The van der Waals surface area contributed by atoms with Crippen molar-refractivity contribution < 1.29 is 9.47 Å². The molecule has 0 spiro atoms. The van der Waals surface area contributed by atoms with Crippen LogP contribution in [0.1, 0.15) is 13.8 Å². The van der Waals surface area contributed by atoms with Gasteiger partial charge in [0.15, 0.2) is 0 Å². The minimum Gasteiger partial charge on any atom is -0.497 e. The molecule has 0 fully saturated rings. The molecule has 0 heterocycles. The van der Waals surface area contributed by atoms with Gasteiger partial charge in [-0.3, -0.25) is 0 Å². The lowest BCUT2D eigenvalue weighted by Gasteiger charge is -2.11. The monoisotopic (exact) mass is 226 g/mol. The Morgan fingerprint density at radius 3 is 2.47 bits per heavy atom. The average Bonchev–Trinajstić information content (AvgIpc) is 2.25. The Balaban J connectivity index is 2.81. The summed E-state index contributed by atoms with van der Waals surface area (Å²) < 4.78 is 10.5. The Bertz CT molecular complexity index is 310. The van der Waals surface area contributed by atoms with Gasteiger partial charge in [-0.25, -0.2) is 0 Å². The van der Waals surface area contributed by atoms with E-state index in [2.05, 4.69) is 13.8 Å². The van der Waals surface area contributed by atoms with Crippen LogP contribution in [0.2, 0.25) is 0 Å². The molecule has 0 saturated carbocycles. The normalized spacial score (nSPS) is 10.5. The van der Waals surface area contributed by atoms with Gasteiger partial charge in [-0.2, -0.15) is 0 Å². The Kier molecular flexibility index (Phi) is 4.82. The molecule has 1 aromatic carbocycles. The van der Waals surface area contributed by atoms with Crippen molar-refractivity contribution in [2.75, 3.05) is 20.0 Å². The fourth-order valence-corrected chi connectivity index (χ4v) is 2.16. The fourth-order valence-electron chi connectivity index (χ4n) is 1.15.